The zero-order valence-corrected chi connectivity index (χ0v) is 5.60. The monoisotopic (exact) mass is 181 g/mol. The summed E-state index contributed by atoms with van der Waals surface area (Å²) in [5.74, 6) is -2.02. The molecular formula is C6H3F4NO. The quantitative estimate of drug-likeness (QED) is 0.619. The minimum Gasteiger partial charge on any atom is -0.401 e. The van der Waals surface area contributed by atoms with Crippen LogP contribution in [0, 0.1) is 5.82 Å². The van der Waals surface area contributed by atoms with Crippen LogP contribution in [0.4, 0.5) is 17.6 Å². The Kier molecular flexibility index (Phi) is 2.16. The minimum atomic E-state index is -4.89. The molecule has 2 nitrogen and oxygen atoms in total. The number of hydrogen-bond acceptors (Lipinski definition) is 2. The molecule has 1 rings (SSSR count). The van der Waals surface area contributed by atoms with E-state index in [-0.39, 0.29) is 0 Å². The third-order valence-corrected chi connectivity index (χ3v) is 0.960. The van der Waals surface area contributed by atoms with Gasteiger partial charge in [0.05, 0.1) is 6.20 Å². The Labute approximate surface area is 64.8 Å². The van der Waals surface area contributed by atoms with Crippen LogP contribution in [0.15, 0.2) is 18.5 Å². The van der Waals surface area contributed by atoms with E-state index >= 15 is 0 Å². The van der Waals surface area contributed by atoms with Crippen LogP contribution in [-0.4, -0.2) is 11.3 Å². The highest BCUT2D eigenvalue weighted by atomic mass is 19.4. The maximum Gasteiger partial charge on any atom is 0.573 e. The average Bonchev–Trinajstić information content (AvgIpc) is 1.91. The second-order valence-electron chi connectivity index (χ2n) is 1.85. The summed E-state index contributed by atoms with van der Waals surface area (Å²) in [7, 11) is 0. The molecule has 0 amide bonds. The number of hydrogen-bond donors (Lipinski definition) is 0. The van der Waals surface area contributed by atoms with E-state index in [1.165, 1.54) is 0 Å². The molecule has 12 heavy (non-hydrogen) atoms. The maximum atomic E-state index is 12.5. The Morgan fingerprint density at radius 1 is 1.33 bits per heavy atom. The summed E-state index contributed by atoms with van der Waals surface area (Å²) >= 11 is 0. The second-order valence-corrected chi connectivity index (χ2v) is 1.85. The van der Waals surface area contributed by atoms with E-state index in [9.17, 15) is 17.6 Å². The molecule has 0 aromatic carbocycles. The van der Waals surface area contributed by atoms with Crippen molar-refractivity contribution in [1.82, 2.24) is 4.98 Å². The van der Waals surface area contributed by atoms with Crippen molar-refractivity contribution in [3.05, 3.63) is 24.3 Å². The largest absolute Gasteiger partial charge is 0.573 e. The van der Waals surface area contributed by atoms with Gasteiger partial charge in [-0.25, -0.2) is 4.39 Å². The van der Waals surface area contributed by atoms with E-state index < -0.39 is 17.9 Å². The van der Waals surface area contributed by atoms with Crippen LogP contribution in [0.1, 0.15) is 0 Å². The van der Waals surface area contributed by atoms with Gasteiger partial charge in [-0.2, -0.15) is 0 Å². The van der Waals surface area contributed by atoms with Gasteiger partial charge < -0.3 is 4.74 Å². The molecule has 6 heteroatoms. The second kappa shape index (κ2) is 2.96. The van der Waals surface area contributed by atoms with Crippen LogP contribution in [0.5, 0.6) is 5.75 Å². The molecule has 0 N–H and O–H groups in total. The highest BCUT2D eigenvalue weighted by Gasteiger charge is 2.32. The van der Waals surface area contributed by atoms with Crippen molar-refractivity contribution in [1.29, 1.82) is 0 Å². The van der Waals surface area contributed by atoms with E-state index in [1.807, 2.05) is 0 Å². The van der Waals surface area contributed by atoms with E-state index in [4.69, 9.17) is 0 Å². The van der Waals surface area contributed by atoms with Crippen LogP contribution in [0.3, 0.4) is 0 Å². The Balaban J connectivity index is 2.83. The summed E-state index contributed by atoms with van der Waals surface area (Å²) in [6.45, 7) is 0. The van der Waals surface area contributed by atoms with E-state index in [0.29, 0.717) is 6.20 Å². The first-order valence-corrected chi connectivity index (χ1v) is 2.84. The molecule has 0 aliphatic rings. The number of rotatable bonds is 1. The van der Waals surface area contributed by atoms with Crippen molar-refractivity contribution >= 4 is 0 Å². The van der Waals surface area contributed by atoms with Crippen molar-refractivity contribution in [2.24, 2.45) is 0 Å². The van der Waals surface area contributed by atoms with Gasteiger partial charge in [0.1, 0.15) is 0 Å². The minimum absolute atomic E-state index is 0.656. The third kappa shape index (κ3) is 2.37. The first-order chi connectivity index (χ1) is 5.49. The Morgan fingerprint density at radius 2 is 2.00 bits per heavy atom. The fraction of sp³-hybridized carbons (Fsp3) is 0.167. The number of pyridine rings is 1. The lowest BCUT2D eigenvalue weighted by Gasteiger charge is -2.07. The first kappa shape index (κ1) is 8.76. The molecular weight excluding hydrogens is 178 g/mol. The van der Waals surface area contributed by atoms with Gasteiger partial charge in [-0.05, 0) is 6.07 Å². The normalized spacial score (nSPS) is 11.3. The standard InChI is InChI=1S/C6H3F4NO/c7-4-1-2-11-3-5(4)12-6(8,9)10/h1-3H. The van der Waals surface area contributed by atoms with E-state index in [0.717, 1.165) is 12.3 Å². The van der Waals surface area contributed by atoms with E-state index in [2.05, 4.69) is 9.72 Å². The van der Waals surface area contributed by atoms with Crippen molar-refractivity contribution in [3.8, 4) is 5.75 Å². The molecule has 0 spiro atoms. The molecule has 0 aliphatic carbocycles. The number of nitrogens with zero attached hydrogens (tertiary/aromatic N) is 1. The van der Waals surface area contributed by atoms with Gasteiger partial charge in [0.25, 0.3) is 0 Å². The zero-order valence-electron chi connectivity index (χ0n) is 5.60. The van der Waals surface area contributed by atoms with Crippen molar-refractivity contribution in [2.45, 2.75) is 6.36 Å². The lowest BCUT2D eigenvalue weighted by atomic mass is 10.4. The number of aromatic nitrogens is 1. The molecule has 0 fully saturated rings. The third-order valence-electron chi connectivity index (χ3n) is 0.960. The molecule has 0 unspecified atom stereocenters. The van der Waals surface area contributed by atoms with Crippen LogP contribution in [-0.2, 0) is 0 Å². The van der Waals surface area contributed by atoms with Crippen molar-refractivity contribution in [3.63, 3.8) is 0 Å². The summed E-state index contributed by atoms with van der Waals surface area (Å²) in [6, 6.07) is 0.779. The fourth-order valence-electron chi connectivity index (χ4n) is 0.563. The number of halogens is 4. The molecule has 0 bridgehead atoms. The van der Waals surface area contributed by atoms with Gasteiger partial charge >= 0.3 is 6.36 Å². The average molecular weight is 181 g/mol. The molecule has 1 heterocycles. The van der Waals surface area contributed by atoms with Gasteiger partial charge in [-0.1, -0.05) is 0 Å². The smallest absolute Gasteiger partial charge is 0.401 e. The van der Waals surface area contributed by atoms with Gasteiger partial charge in [-0.15, -0.1) is 13.2 Å². The van der Waals surface area contributed by atoms with Gasteiger partial charge in [0.2, 0.25) is 0 Å². The van der Waals surface area contributed by atoms with Crippen molar-refractivity contribution in [2.75, 3.05) is 0 Å². The number of alkyl halides is 3. The lowest BCUT2D eigenvalue weighted by Crippen LogP contribution is -2.18. The summed E-state index contributed by atoms with van der Waals surface area (Å²) in [5.41, 5.74) is 0. The Hall–Kier alpha value is -1.33. The van der Waals surface area contributed by atoms with Gasteiger partial charge in [0, 0.05) is 6.20 Å². The highest BCUT2D eigenvalue weighted by Crippen LogP contribution is 2.23. The maximum absolute atomic E-state index is 12.5. The van der Waals surface area contributed by atoms with Crippen LogP contribution in [0.2, 0.25) is 0 Å². The summed E-state index contributed by atoms with van der Waals surface area (Å²) in [5, 5.41) is 0. The SMILES string of the molecule is Fc1ccncc1OC(F)(F)F. The molecule has 1 aromatic rings. The van der Waals surface area contributed by atoms with Gasteiger partial charge in [0.15, 0.2) is 11.6 Å². The summed E-state index contributed by atoms with van der Waals surface area (Å²) in [4.78, 5) is 3.26. The zero-order chi connectivity index (χ0) is 9.19. The predicted molar refractivity (Wildman–Crippen MR) is 30.9 cm³/mol. The predicted octanol–water partition coefficient (Wildman–Crippen LogP) is 2.12. The fourth-order valence-corrected chi connectivity index (χ4v) is 0.563. The van der Waals surface area contributed by atoms with Crippen LogP contribution >= 0.6 is 0 Å². The van der Waals surface area contributed by atoms with Crippen LogP contribution < -0.4 is 4.74 Å². The lowest BCUT2D eigenvalue weighted by molar-refractivity contribution is -0.275. The van der Waals surface area contributed by atoms with Gasteiger partial charge in [-0.3, -0.25) is 4.98 Å². The highest BCUT2D eigenvalue weighted by molar-refractivity contribution is 5.18. The molecule has 0 radical (unpaired) electrons. The summed E-state index contributed by atoms with van der Waals surface area (Å²) < 4.78 is 50.3. The molecule has 0 aliphatic heterocycles. The van der Waals surface area contributed by atoms with Crippen molar-refractivity contribution < 1.29 is 22.3 Å². The van der Waals surface area contributed by atoms with Crippen LogP contribution in [0.25, 0.3) is 0 Å². The molecule has 0 atom stereocenters. The molecule has 66 valence electrons. The molecule has 0 saturated heterocycles. The molecule has 0 saturated carbocycles. The number of ether oxygens (including phenoxy) is 1. The Bertz CT molecular complexity index is 272. The molecule has 1 aromatic heterocycles. The topological polar surface area (TPSA) is 22.1 Å². The van der Waals surface area contributed by atoms with E-state index in [1.54, 1.807) is 0 Å². The summed E-state index contributed by atoms with van der Waals surface area (Å²) in [6.07, 6.45) is -3.20. The first-order valence-electron chi connectivity index (χ1n) is 2.84. The Morgan fingerprint density at radius 3 is 2.50 bits per heavy atom.